The summed E-state index contributed by atoms with van der Waals surface area (Å²) in [5, 5.41) is 13.3. The van der Waals surface area contributed by atoms with Gasteiger partial charge < -0.3 is 20.3 Å². The third kappa shape index (κ3) is 3.93. The first-order valence-corrected chi connectivity index (χ1v) is 8.09. The number of fused-ring (bicyclic) bond motifs is 1. The Balaban J connectivity index is 1.59. The number of ether oxygens (including phenoxy) is 1. The number of nitrogens with one attached hydrogen (secondary N) is 3. The van der Waals surface area contributed by atoms with Crippen molar-refractivity contribution < 1.29 is 9.53 Å². The summed E-state index contributed by atoms with van der Waals surface area (Å²) in [6.07, 6.45) is 0.870. The van der Waals surface area contributed by atoms with E-state index in [9.17, 15) is 4.79 Å². The summed E-state index contributed by atoms with van der Waals surface area (Å²) in [6.45, 7) is 3.07. The topological polar surface area (TPSA) is 82.3 Å². The van der Waals surface area contributed by atoms with Crippen molar-refractivity contribution in [2.24, 2.45) is 0 Å². The largest absolute Gasteiger partial charge is 0.492 e. The minimum atomic E-state index is -0.197. The van der Waals surface area contributed by atoms with Gasteiger partial charge in [0.05, 0.1) is 0 Å². The molecule has 0 saturated carbocycles. The number of likely N-dealkylation sites (N-methyl/N-ethyl adjacent to an activating group) is 1. The number of H-pyrrole nitrogens is 1. The van der Waals surface area contributed by atoms with Crippen molar-refractivity contribution in [3.8, 4) is 5.75 Å². The average molecular weight is 329 g/mol. The molecule has 7 heteroatoms. The lowest BCUT2D eigenvalue weighted by atomic mass is 10.1. The van der Waals surface area contributed by atoms with E-state index in [4.69, 9.17) is 4.74 Å². The van der Waals surface area contributed by atoms with Crippen LogP contribution in [0, 0.1) is 0 Å². The molecule has 3 rings (SSSR count). The predicted octanol–water partition coefficient (Wildman–Crippen LogP) is 1.25. The normalized spacial score (nSPS) is 13.6. The summed E-state index contributed by atoms with van der Waals surface area (Å²) < 4.78 is 5.64. The smallest absolute Gasteiger partial charge is 0.276 e. The lowest BCUT2D eigenvalue weighted by Gasteiger charge is -2.13. The summed E-state index contributed by atoms with van der Waals surface area (Å²) in [5.74, 6) is 0.591. The van der Waals surface area contributed by atoms with Gasteiger partial charge in [0.15, 0.2) is 5.69 Å². The second kappa shape index (κ2) is 7.46. The number of carbonyl (C=O) groups excluding carboxylic acids is 1. The first-order valence-electron chi connectivity index (χ1n) is 8.09. The van der Waals surface area contributed by atoms with Crippen LogP contribution in [0.1, 0.15) is 21.7 Å². The highest BCUT2D eigenvalue weighted by Gasteiger charge is 2.21. The van der Waals surface area contributed by atoms with Crippen molar-refractivity contribution in [3.05, 3.63) is 41.2 Å². The molecule has 2 heterocycles. The molecule has 7 nitrogen and oxygen atoms in total. The molecule has 24 heavy (non-hydrogen) atoms. The molecule has 0 aliphatic carbocycles. The molecule has 128 valence electrons. The first-order chi connectivity index (χ1) is 11.6. The van der Waals surface area contributed by atoms with Gasteiger partial charge in [-0.2, -0.15) is 5.10 Å². The average Bonchev–Trinajstić information content (AvgIpc) is 3.00. The van der Waals surface area contributed by atoms with Crippen molar-refractivity contribution in [1.82, 2.24) is 20.4 Å². The van der Waals surface area contributed by atoms with Crippen LogP contribution in [-0.4, -0.2) is 54.8 Å². The summed E-state index contributed by atoms with van der Waals surface area (Å²) in [5.41, 5.74) is 3.19. The van der Waals surface area contributed by atoms with Crippen molar-refractivity contribution >= 4 is 11.6 Å². The number of aromatic nitrogens is 2. The lowest BCUT2D eigenvalue weighted by Crippen LogP contribution is -2.25. The number of amides is 1. The molecule has 0 unspecified atom stereocenters. The molecule has 0 fully saturated rings. The zero-order chi connectivity index (χ0) is 16.9. The molecule has 1 aromatic heterocycles. The van der Waals surface area contributed by atoms with Crippen LogP contribution in [0.25, 0.3) is 0 Å². The van der Waals surface area contributed by atoms with Gasteiger partial charge in [-0.05, 0) is 38.4 Å². The maximum atomic E-state index is 12.4. The summed E-state index contributed by atoms with van der Waals surface area (Å²) in [4.78, 5) is 14.5. The van der Waals surface area contributed by atoms with E-state index in [1.807, 2.05) is 38.4 Å². The molecule has 1 aromatic carbocycles. The van der Waals surface area contributed by atoms with Crippen LogP contribution in [0.3, 0.4) is 0 Å². The minimum absolute atomic E-state index is 0.197. The van der Waals surface area contributed by atoms with Gasteiger partial charge in [0.1, 0.15) is 12.4 Å². The van der Waals surface area contributed by atoms with Crippen molar-refractivity contribution in [3.63, 3.8) is 0 Å². The lowest BCUT2D eigenvalue weighted by molar-refractivity contribution is 0.102. The molecular weight excluding hydrogens is 306 g/mol. The Labute approximate surface area is 141 Å². The molecule has 1 aliphatic heterocycles. The van der Waals surface area contributed by atoms with E-state index < -0.39 is 0 Å². The zero-order valence-corrected chi connectivity index (χ0v) is 14.1. The van der Waals surface area contributed by atoms with Crippen LogP contribution in [0.5, 0.6) is 5.75 Å². The van der Waals surface area contributed by atoms with Crippen LogP contribution in [0.4, 0.5) is 5.69 Å². The summed E-state index contributed by atoms with van der Waals surface area (Å²) >= 11 is 0. The molecule has 0 bridgehead atoms. The van der Waals surface area contributed by atoms with E-state index >= 15 is 0 Å². The Morgan fingerprint density at radius 3 is 2.88 bits per heavy atom. The molecule has 3 N–H and O–H groups in total. The van der Waals surface area contributed by atoms with Gasteiger partial charge in [0, 0.05) is 43.0 Å². The third-order valence-electron chi connectivity index (χ3n) is 3.94. The molecule has 1 amide bonds. The SMILES string of the molecule is CN(C)CCOc1ccc(NC(=O)c2n[nH]c3c2CNCC3)cc1. The molecule has 0 spiro atoms. The molecule has 2 aromatic rings. The molecule has 0 saturated heterocycles. The summed E-state index contributed by atoms with van der Waals surface area (Å²) in [7, 11) is 4.01. The van der Waals surface area contributed by atoms with Gasteiger partial charge in [0.25, 0.3) is 5.91 Å². The highest BCUT2D eigenvalue weighted by atomic mass is 16.5. The highest BCUT2D eigenvalue weighted by molar-refractivity contribution is 6.04. The predicted molar refractivity (Wildman–Crippen MR) is 92.4 cm³/mol. The van der Waals surface area contributed by atoms with Gasteiger partial charge in [-0.25, -0.2) is 0 Å². The third-order valence-corrected chi connectivity index (χ3v) is 3.94. The van der Waals surface area contributed by atoms with E-state index in [-0.39, 0.29) is 5.91 Å². The van der Waals surface area contributed by atoms with Crippen LogP contribution in [-0.2, 0) is 13.0 Å². The Bertz CT molecular complexity index is 694. The molecular formula is C17H23N5O2. The number of rotatable bonds is 6. The Kier molecular flexibility index (Phi) is 5.12. The number of aromatic amines is 1. The van der Waals surface area contributed by atoms with Gasteiger partial charge in [-0.1, -0.05) is 0 Å². The zero-order valence-electron chi connectivity index (χ0n) is 14.1. The maximum Gasteiger partial charge on any atom is 0.276 e. The minimum Gasteiger partial charge on any atom is -0.492 e. The van der Waals surface area contributed by atoms with Crippen molar-refractivity contribution in [1.29, 1.82) is 0 Å². The first kappa shape index (κ1) is 16.5. The Morgan fingerprint density at radius 2 is 2.12 bits per heavy atom. The van der Waals surface area contributed by atoms with E-state index in [1.165, 1.54) is 0 Å². The number of benzene rings is 1. The van der Waals surface area contributed by atoms with Gasteiger partial charge >= 0.3 is 0 Å². The maximum absolute atomic E-state index is 12.4. The summed E-state index contributed by atoms with van der Waals surface area (Å²) in [6, 6.07) is 7.38. The number of carbonyl (C=O) groups is 1. The monoisotopic (exact) mass is 329 g/mol. The standard InChI is InChI=1S/C17H23N5O2/c1-22(2)9-10-24-13-5-3-12(4-6-13)19-17(23)16-14-11-18-8-7-15(14)20-21-16/h3-6,18H,7-11H2,1-2H3,(H,19,23)(H,20,21). The second-order valence-electron chi connectivity index (χ2n) is 6.09. The fourth-order valence-electron chi connectivity index (χ4n) is 2.58. The number of hydrogen-bond donors (Lipinski definition) is 3. The van der Waals surface area contributed by atoms with Crippen LogP contribution >= 0.6 is 0 Å². The van der Waals surface area contributed by atoms with Crippen molar-refractivity contribution in [2.75, 3.05) is 39.1 Å². The van der Waals surface area contributed by atoms with E-state index in [0.29, 0.717) is 18.8 Å². The number of nitrogens with zero attached hydrogens (tertiary/aromatic N) is 2. The fraction of sp³-hybridized carbons (Fsp3) is 0.412. The molecule has 0 atom stereocenters. The molecule has 0 radical (unpaired) electrons. The number of hydrogen-bond acceptors (Lipinski definition) is 5. The highest BCUT2D eigenvalue weighted by Crippen LogP contribution is 2.19. The van der Waals surface area contributed by atoms with Crippen molar-refractivity contribution in [2.45, 2.75) is 13.0 Å². The Hall–Kier alpha value is -2.38. The van der Waals surface area contributed by atoms with Gasteiger partial charge in [-0.15, -0.1) is 0 Å². The van der Waals surface area contributed by atoms with Gasteiger partial charge in [-0.3, -0.25) is 9.89 Å². The molecule has 1 aliphatic rings. The van der Waals surface area contributed by atoms with E-state index in [1.54, 1.807) is 0 Å². The fourth-order valence-corrected chi connectivity index (χ4v) is 2.58. The van der Waals surface area contributed by atoms with Crippen LogP contribution < -0.4 is 15.4 Å². The quantitative estimate of drug-likeness (QED) is 0.743. The van der Waals surface area contributed by atoms with E-state index in [2.05, 4.69) is 25.7 Å². The van der Waals surface area contributed by atoms with Gasteiger partial charge in [0.2, 0.25) is 0 Å². The number of anilines is 1. The van der Waals surface area contributed by atoms with Crippen LogP contribution in [0.2, 0.25) is 0 Å². The Morgan fingerprint density at radius 1 is 1.33 bits per heavy atom. The second-order valence-corrected chi connectivity index (χ2v) is 6.09. The van der Waals surface area contributed by atoms with E-state index in [0.717, 1.165) is 42.2 Å². The van der Waals surface area contributed by atoms with Crippen LogP contribution in [0.15, 0.2) is 24.3 Å².